The number of likely N-dealkylation sites (N-methyl/N-ethyl adjacent to an activating group) is 1. The van der Waals surface area contributed by atoms with Crippen LogP contribution in [0.1, 0.15) is 24.1 Å². The van der Waals surface area contributed by atoms with Gasteiger partial charge >= 0.3 is 0 Å². The van der Waals surface area contributed by atoms with E-state index in [0.29, 0.717) is 30.7 Å². The summed E-state index contributed by atoms with van der Waals surface area (Å²) in [5, 5.41) is 8.02. The van der Waals surface area contributed by atoms with Crippen LogP contribution in [0, 0.1) is 5.92 Å². The Hall–Kier alpha value is -2.90. The maximum atomic E-state index is 13.5. The zero-order valence-corrected chi connectivity index (χ0v) is 17.5. The van der Waals surface area contributed by atoms with Crippen molar-refractivity contribution in [3.8, 4) is 0 Å². The van der Waals surface area contributed by atoms with E-state index in [2.05, 4.69) is 10.5 Å². The van der Waals surface area contributed by atoms with Gasteiger partial charge in [0.1, 0.15) is 5.69 Å². The number of fused-ring (bicyclic) bond motifs is 2. The number of amides is 2. The van der Waals surface area contributed by atoms with E-state index in [9.17, 15) is 9.59 Å². The number of aryl methyl sites for hydroxylation is 1. The number of nitrogens with two attached hydrogens (primary N) is 1. The molecule has 2 heterocycles. The standard InChI is InChI=1S/C22H24N4O3.ClH/c1-24-17(21(23)27)12-15-11-10-14-6-2-4-8-19(14)26(22(15)28)13-18-16-7-3-5-9-20(16)29-25-18;/h2-9,15,17,24H,10-13H2,1H3,(H2,23,27);1H/t15-,17-;/m0./s1. The predicted molar refractivity (Wildman–Crippen MR) is 117 cm³/mol. The van der Waals surface area contributed by atoms with E-state index >= 15 is 0 Å². The normalized spacial score (nSPS) is 17.2. The fourth-order valence-corrected chi connectivity index (χ4v) is 4.02. The maximum absolute atomic E-state index is 13.5. The molecule has 0 radical (unpaired) electrons. The summed E-state index contributed by atoms with van der Waals surface area (Å²) in [6.45, 7) is 0.310. The monoisotopic (exact) mass is 428 g/mol. The smallest absolute Gasteiger partial charge is 0.234 e. The molecule has 1 aliphatic rings. The van der Waals surface area contributed by atoms with E-state index in [1.54, 1.807) is 11.9 Å². The Labute approximate surface area is 181 Å². The molecule has 0 saturated heterocycles. The van der Waals surface area contributed by atoms with Crippen LogP contribution in [0.4, 0.5) is 5.69 Å². The van der Waals surface area contributed by atoms with Crippen molar-refractivity contribution in [3.63, 3.8) is 0 Å². The van der Waals surface area contributed by atoms with E-state index in [4.69, 9.17) is 10.3 Å². The molecular weight excluding hydrogens is 404 g/mol. The third kappa shape index (κ3) is 4.17. The van der Waals surface area contributed by atoms with E-state index in [-0.39, 0.29) is 24.2 Å². The number of benzene rings is 2. The van der Waals surface area contributed by atoms with Gasteiger partial charge in [-0.25, -0.2) is 0 Å². The van der Waals surface area contributed by atoms with E-state index < -0.39 is 11.9 Å². The lowest BCUT2D eigenvalue weighted by molar-refractivity contribution is -0.124. The highest BCUT2D eigenvalue weighted by Crippen LogP contribution is 2.33. The minimum Gasteiger partial charge on any atom is -0.368 e. The molecule has 7 nitrogen and oxygen atoms in total. The molecule has 0 saturated carbocycles. The second-order valence-electron chi connectivity index (χ2n) is 7.39. The second kappa shape index (κ2) is 9.28. The molecule has 30 heavy (non-hydrogen) atoms. The molecule has 3 N–H and O–H groups in total. The lowest BCUT2D eigenvalue weighted by Gasteiger charge is -2.26. The largest absolute Gasteiger partial charge is 0.368 e. The average molecular weight is 429 g/mol. The first-order chi connectivity index (χ1) is 14.1. The van der Waals surface area contributed by atoms with Crippen LogP contribution in [-0.2, 0) is 22.6 Å². The topological polar surface area (TPSA) is 101 Å². The van der Waals surface area contributed by atoms with Crippen LogP contribution in [-0.4, -0.2) is 30.1 Å². The molecule has 4 rings (SSSR count). The van der Waals surface area contributed by atoms with Gasteiger partial charge in [0.15, 0.2) is 5.58 Å². The third-order valence-corrected chi connectivity index (χ3v) is 5.63. The summed E-state index contributed by atoms with van der Waals surface area (Å²) in [6, 6.07) is 15.0. The van der Waals surface area contributed by atoms with E-state index in [1.165, 1.54) is 0 Å². The predicted octanol–water partition coefficient (Wildman–Crippen LogP) is 2.81. The number of hydrogen-bond acceptors (Lipinski definition) is 5. The molecule has 2 aromatic carbocycles. The Morgan fingerprint density at radius 3 is 2.77 bits per heavy atom. The molecule has 3 aromatic rings. The summed E-state index contributed by atoms with van der Waals surface area (Å²) < 4.78 is 5.43. The Balaban J connectivity index is 0.00000256. The molecule has 0 unspecified atom stereocenters. The SMILES string of the molecule is CN[C@@H](C[C@@H]1CCc2ccccc2N(Cc2noc3ccccc23)C1=O)C(N)=O.Cl. The number of nitrogens with one attached hydrogen (secondary N) is 1. The lowest BCUT2D eigenvalue weighted by Crippen LogP contribution is -2.44. The van der Waals surface area contributed by atoms with Crippen molar-refractivity contribution in [2.45, 2.75) is 31.8 Å². The van der Waals surface area contributed by atoms with Gasteiger partial charge in [-0.05, 0) is 50.1 Å². The van der Waals surface area contributed by atoms with Gasteiger partial charge < -0.3 is 20.5 Å². The van der Waals surface area contributed by atoms with Crippen LogP contribution in [0.25, 0.3) is 11.0 Å². The summed E-state index contributed by atoms with van der Waals surface area (Å²) in [7, 11) is 1.69. The van der Waals surface area contributed by atoms with Gasteiger partial charge in [-0.2, -0.15) is 0 Å². The van der Waals surface area contributed by atoms with Crippen molar-refractivity contribution in [1.29, 1.82) is 0 Å². The summed E-state index contributed by atoms with van der Waals surface area (Å²) in [5.74, 6) is -0.787. The van der Waals surface area contributed by atoms with Crippen molar-refractivity contribution in [2.75, 3.05) is 11.9 Å². The Morgan fingerprint density at radius 2 is 2.00 bits per heavy atom. The van der Waals surface area contributed by atoms with E-state index in [1.807, 2.05) is 48.5 Å². The Kier molecular flexibility index (Phi) is 6.74. The first kappa shape index (κ1) is 21.8. The minimum atomic E-state index is -0.542. The number of carbonyl (C=O) groups is 2. The highest BCUT2D eigenvalue weighted by molar-refractivity contribution is 5.97. The van der Waals surface area contributed by atoms with Crippen LogP contribution in [0.5, 0.6) is 0 Å². The molecule has 0 bridgehead atoms. The summed E-state index contributed by atoms with van der Waals surface area (Å²) in [6.07, 6.45) is 1.80. The van der Waals surface area contributed by atoms with Crippen LogP contribution >= 0.6 is 12.4 Å². The second-order valence-corrected chi connectivity index (χ2v) is 7.39. The van der Waals surface area contributed by atoms with Crippen molar-refractivity contribution < 1.29 is 14.1 Å². The quantitative estimate of drug-likeness (QED) is 0.628. The fourth-order valence-electron chi connectivity index (χ4n) is 4.02. The van der Waals surface area contributed by atoms with Gasteiger partial charge in [-0.15, -0.1) is 12.4 Å². The van der Waals surface area contributed by atoms with Crippen molar-refractivity contribution in [2.24, 2.45) is 11.7 Å². The first-order valence-corrected chi connectivity index (χ1v) is 9.77. The molecular formula is C22H25ClN4O3. The molecule has 2 atom stereocenters. The Morgan fingerprint density at radius 1 is 1.27 bits per heavy atom. The van der Waals surface area contributed by atoms with Crippen molar-refractivity contribution >= 4 is 40.9 Å². The zero-order valence-electron chi connectivity index (χ0n) is 16.7. The van der Waals surface area contributed by atoms with Gasteiger partial charge in [0, 0.05) is 17.0 Å². The van der Waals surface area contributed by atoms with Crippen LogP contribution in [0.2, 0.25) is 0 Å². The van der Waals surface area contributed by atoms with Gasteiger partial charge in [-0.1, -0.05) is 35.5 Å². The van der Waals surface area contributed by atoms with Crippen LogP contribution in [0.3, 0.4) is 0 Å². The van der Waals surface area contributed by atoms with E-state index in [0.717, 1.165) is 23.1 Å². The number of anilines is 1. The molecule has 0 aliphatic carbocycles. The summed E-state index contributed by atoms with van der Waals surface area (Å²) >= 11 is 0. The summed E-state index contributed by atoms with van der Waals surface area (Å²) in [4.78, 5) is 27.0. The molecule has 0 fully saturated rings. The van der Waals surface area contributed by atoms with Gasteiger partial charge in [0.2, 0.25) is 11.8 Å². The van der Waals surface area contributed by atoms with Crippen LogP contribution < -0.4 is 16.0 Å². The lowest BCUT2D eigenvalue weighted by atomic mass is 9.93. The number of hydrogen-bond donors (Lipinski definition) is 2. The number of primary amides is 1. The third-order valence-electron chi connectivity index (χ3n) is 5.63. The van der Waals surface area contributed by atoms with Crippen molar-refractivity contribution in [1.82, 2.24) is 10.5 Å². The number of halogens is 1. The summed E-state index contributed by atoms with van der Waals surface area (Å²) in [5.41, 5.74) is 8.89. The maximum Gasteiger partial charge on any atom is 0.234 e. The van der Waals surface area contributed by atoms with Crippen molar-refractivity contribution in [3.05, 3.63) is 59.8 Å². The minimum absolute atomic E-state index is 0. The number of nitrogens with zero attached hydrogens (tertiary/aromatic N) is 2. The molecule has 8 heteroatoms. The van der Waals surface area contributed by atoms with Gasteiger partial charge in [0.05, 0.1) is 12.6 Å². The molecule has 2 amide bonds. The van der Waals surface area contributed by atoms with Crippen LogP contribution in [0.15, 0.2) is 53.1 Å². The number of para-hydroxylation sites is 2. The fraction of sp³-hybridized carbons (Fsp3) is 0.318. The Bertz CT molecular complexity index is 1050. The number of aromatic nitrogens is 1. The first-order valence-electron chi connectivity index (χ1n) is 9.77. The molecule has 158 valence electrons. The average Bonchev–Trinajstić information content (AvgIpc) is 3.09. The highest BCUT2D eigenvalue weighted by atomic mass is 35.5. The number of rotatable bonds is 6. The molecule has 0 spiro atoms. The zero-order chi connectivity index (χ0) is 20.4. The molecule has 1 aromatic heterocycles. The van der Waals surface area contributed by atoms with Gasteiger partial charge in [0.25, 0.3) is 0 Å². The molecule has 1 aliphatic heterocycles. The number of carbonyl (C=O) groups excluding carboxylic acids is 2. The highest BCUT2D eigenvalue weighted by Gasteiger charge is 2.33. The van der Waals surface area contributed by atoms with Gasteiger partial charge in [-0.3, -0.25) is 9.59 Å².